The highest BCUT2D eigenvalue weighted by atomic mass is 15.5. The van der Waals surface area contributed by atoms with Crippen molar-refractivity contribution in [2.24, 2.45) is 18.1 Å². The first-order valence-electron chi connectivity index (χ1n) is 7.95. The van der Waals surface area contributed by atoms with Gasteiger partial charge >= 0.3 is 0 Å². The quantitative estimate of drug-likeness (QED) is 0.671. The van der Waals surface area contributed by atoms with Crippen molar-refractivity contribution in [1.82, 2.24) is 25.1 Å². The van der Waals surface area contributed by atoms with Crippen molar-refractivity contribution in [2.75, 3.05) is 24.6 Å². The molecule has 3 rings (SSSR count). The van der Waals surface area contributed by atoms with E-state index >= 15 is 0 Å². The summed E-state index contributed by atoms with van der Waals surface area (Å²) in [6.45, 7) is 8.60. The molecule has 1 unspecified atom stereocenters. The van der Waals surface area contributed by atoms with Crippen molar-refractivity contribution in [1.29, 1.82) is 0 Å². The molecule has 122 valence electrons. The second kappa shape index (κ2) is 6.87. The first kappa shape index (κ1) is 15.6. The fourth-order valence-corrected chi connectivity index (χ4v) is 2.91. The Morgan fingerprint density at radius 3 is 3.00 bits per heavy atom. The predicted molar refractivity (Wildman–Crippen MR) is 91.5 cm³/mol. The molecule has 0 amide bonds. The minimum Gasteiger partial charge on any atom is -0.316 e. The Labute approximate surface area is 136 Å². The Morgan fingerprint density at radius 1 is 1.48 bits per heavy atom. The van der Waals surface area contributed by atoms with Gasteiger partial charge in [-0.25, -0.2) is 9.99 Å². The number of aryl methyl sites for hydroxylation is 2. The number of nitrogens with one attached hydrogen (secondary N) is 1. The number of anilines is 1. The molecule has 0 aliphatic carbocycles. The van der Waals surface area contributed by atoms with Gasteiger partial charge in [0.15, 0.2) is 5.82 Å². The zero-order valence-electron chi connectivity index (χ0n) is 13.7. The van der Waals surface area contributed by atoms with Crippen molar-refractivity contribution in [2.45, 2.75) is 19.8 Å². The largest absolute Gasteiger partial charge is 0.316 e. The van der Waals surface area contributed by atoms with E-state index < -0.39 is 0 Å². The number of nitrogens with zero attached hydrogens (tertiary/aromatic N) is 6. The SMILES string of the molecule is C=NN(CC1CCCNC1)c1nc(-c2cnn(C)c2)cnc1C. The fourth-order valence-electron chi connectivity index (χ4n) is 2.91. The third-order valence-corrected chi connectivity index (χ3v) is 4.18. The van der Waals surface area contributed by atoms with E-state index in [2.05, 4.69) is 27.2 Å². The normalized spacial score (nSPS) is 17.9. The van der Waals surface area contributed by atoms with Gasteiger partial charge in [0, 0.05) is 32.1 Å². The monoisotopic (exact) mass is 313 g/mol. The predicted octanol–water partition coefficient (Wildman–Crippen LogP) is 1.61. The molecular weight excluding hydrogens is 290 g/mol. The molecule has 1 aliphatic rings. The van der Waals surface area contributed by atoms with Crippen LogP contribution in [0.1, 0.15) is 18.5 Å². The summed E-state index contributed by atoms with van der Waals surface area (Å²) in [6.07, 6.45) is 7.91. The lowest BCUT2D eigenvalue weighted by molar-refractivity contribution is 0.377. The summed E-state index contributed by atoms with van der Waals surface area (Å²) in [7, 11) is 1.89. The molecule has 7 heteroatoms. The highest BCUT2D eigenvalue weighted by Gasteiger charge is 2.20. The Hall–Kier alpha value is -2.28. The number of piperidine rings is 1. The van der Waals surface area contributed by atoms with Crippen molar-refractivity contribution < 1.29 is 0 Å². The topological polar surface area (TPSA) is 71.2 Å². The Balaban J connectivity index is 1.85. The zero-order chi connectivity index (χ0) is 16.2. The molecule has 1 aliphatic heterocycles. The minimum absolute atomic E-state index is 0.553. The van der Waals surface area contributed by atoms with Crippen LogP contribution in [0.2, 0.25) is 0 Å². The van der Waals surface area contributed by atoms with Gasteiger partial charge in [-0.15, -0.1) is 0 Å². The third kappa shape index (κ3) is 3.56. The number of aromatic nitrogens is 4. The van der Waals surface area contributed by atoms with Crippen LogP contribution in [0, 0.1) is 12.8 Å². The lowest BCUT2D eigenvalue weighted by atomic mass is 9.99. The highest BCUT2D eigenvalue weighted by Crippen LogP contribution is 2.23. The molecule has 0 spiro atoms. The van der Waals surface area contributed by atoms with Gasteiger partial charge in [0.25, 0.3) is 0 Å². The van der Waals surface area contributed by atoms with Gasteiger partial charge in [0.2, 0.25) is 0 Å². The maximum absolute atomic E-state index is 4.75. The summed E-state index contributed by atoms with van der Waals surface area (Å²) in [5, 5.41) is 13.7. The fraction of sp³-hybridized carbons (Fsp3) is 0.500. The molecule has 1 saturated heterocycles. The summed E-state index contributed by atoms with van der Waals surface area (Å²) in [4.78, 5) is 9.23. The zero-order valence-corrected chi connectivity index (χ0v) is 13.7. The lowest BCUT2D eigenvalue weighted by Crippen LogP contribution is -2.37. The maximum atomic E-state index is 4.75. The van der Waals surface area contributed by atoms with Crippen LogP contribution >= 0.6 is 0 Å². The molecule has 3 heterocycles. The van der Waals surface area contributed by atoms with Crippen molar-refractivity contribution in [3.63, 3.8) is 0 Å². The molecule has 0 bridgehead atoms. The molecule has 0 aromatic carbocycles. The van der Waals surface area contributed by atoms with Gasteiger partial charge in [-0.3, -0.25) is 9.67 Å². The van der Waals surface area contributed by atoms with Gasteiger partial charge in [-0.05, 0) is 38.8 Å². The van der Waals surface area contributed by atoms with E-state index in [9.17, 15) is 0 Å². The van der Waals surface area contributed by atoms with Gasteiger partial charge in [-0.1, -0.05) is 0 Å². The molecule has 2 aromatic rings. The van der Waals surface area contributed by atoms with Crippen LogP contribution in [0.4, 0.5) is 5.82 Å². The van der Waals surface area contributed by atoms with E-state index in [0.717, 1.165) is 42.4 Å². The molecule has 1 fully saturated rings. The second-order valence-electron chi connectivity index (χ2n) is 6.00. The van der Waals surface area contributed by atoms with Gasteiger partial charge < -0.3 is 5.32 Å². The van der Waals surface area contributed by atoms with E-state index in [1.54, 1.807) is 17.1 Å². The molecule has 23 heavy (non-hydrogen) atoms. The van der Waals surface area contributed by atoms with Crippen LogP contribution in [0.15, 0.2) is 23.7 Å². The summed E-state index contributed by atoms with van der Waals surface area (Å²) in [5.74, 6) is 1.32. The van der Waals surface area contributed by atoms with Gasteiger partial charge in [0.1, 0.15) is 0 Å². The van der Waals surface area contributed by atoms with Crippen LogP contribution in [0.25, 0.3) is 11.3 Å². The Kier molecular flexibility index (Phi) is 4.66. The van der Waals surface area contributed by atoms with Crippen LogP contribution in [-0.4, -0.2) is 46.1 Å². The van der Waals surface area contributed by atoms with Gasteiger partial charge in [-0.2, -0.15) is 10.2 Å². The minimum atomic E-state index is 0.553. The van der Waals surface area contributed by atoms with Crippen molar-refractivity contribution >= 4 is 12.5 Å². The van der Waals surface area contributed by atoms with Crippen LogP contribution in [0.3, 0.4) is 0 Å². The van der Waals surface area contributed by atoms with E-state index in [1.807, 2.05) is 25.2 Å². The molecule has 1 N–H and O–H groups in total. The van der Waals surface area contributed by atoms with E-state index in [4.69, 9.17) is 4.98 Å². The summed E-state index contributed by atoms with van der Waals surface area (Å²) >= 11 is 0. The molecule has 2 aromatic heterocycles. The first-order valence-corrected chi connectivity index (χ1v) is 7.95. The molecule has 7 nitrogen and oxygen atoms in total. The van der Waals surface area contributed by atoms with Crippen LogP contribution < -0.4 is 10.3 Å². The van der Waals surface area contributed by atoms with Crippen molar-refractivity contribution in [3.8, 4) is 11.3 Å². The number of rotatable bonds is 5. The first-order chi connectivity index (χ1) is 11.2. The maximum Gasteiger partial charge on any atom is 0.171 e. The summed E-state index contributed by atoms with van der Waals surface area (Å²) < 4.78 is 1.76. The molecule has 0 radical (unpaired) electrons. The number of hydrazone groups is 1. The summed E-state index contributed by atoms with van der Waals surface area (Å²) in [6, 6.07) is 0. The highest BCUT2D eigenvalue weighted by molar-refractivity contribution is 5.59. The summed E-state index contributed by atoms with van der Waals surface area (Å²) in [5.41, 5.74) is 2.60. The average Bonchev–Trinajstić information content (AvgIpc) is 3.01. The van der Waals surface area contributed by atoms with E-state index in [-0.39, 0.29) is 0 Å². The van der Waals surface area contributed by atoms with Crippen molar-refractivity contribution in [3.05, 3.63) is 24.3 Å². The van der Waals surface area contributed by atoms with Crippen LogP contribution in [-0.2, 0) is 7.05 Å². The molecule has 0 saturated carbocycles. The third-order valence-electron chi connectivity index (χ3n) is 4.18. The average molecular weight is 313 g/mol. The molecular formula is C16H23N7. The molecule has 1 atom stereocenters. The lowest BCUT2D eigenvalue weighted by Gasteiger charge is -2.28. The van der Waals surface area contributed by atoms with Crippen LogP contribution in [0.5, 0.6) is 0 Å². The standard InChI is InChI=1S/C16H23N7/c1-12-16(23(17-2)10-13-5-4-6-18-7-13)21-15(9-19-12)14-8-20-22(3)11-14/h8-9,11,13,18H,2,4-7,10H2,1,3H3. The second-order valence-corrected chi connectivity index (χ2v) is 6.00. The van der Waals surface area contributed by atoms with E-state index in [1.165, 1.54) is 12.8 Å². The smallest absolute Gasteiger partial charge is 0.171 e. The number of hydrogen-bond donors (Lipinski definition) is 1. The Morgan fingerprint density at radius 2 is 2.35 bits per heavy atom. The number of hydrogen-bond acceptors (Lipinski definition) is 6. The van der Waals surface area contributed by atoms with Gasteiger partial charge in [0.05, 0.1) is 23.8 Å². The van der Waals surface area contributed by atoms with E-state index in [0.29, 0.717) is 5.92 Å². The Bertz CT molecular complexity index is 673.